The largest absolute Gasteiger partial charge is 0.457 e. The van der Waals surface area contributed by atoms with Crippen molar-refractivity contribution in [3.05, 3.63) is 102 Å². The molecule has 0 bridgehead atoms. The number of fused-ring (bicyclic) bond motifs is 1. The first-order chi connectivity index (χ1) is 25.2. The zero-order valence-electron chi connectivity index (χ0n) is 32.8. The van der Waals surface area contributed by atoms with Crippen LogP contribution in [0.15, 0.2) is 91.0 Å². The Labute approximate surface area is 318 Å². The molecular weight excluding hydrogens is 699 g/mol. The molecule has 1 aliphatic carbocycles. The summed E-state index contributed by atoms with van der Waals surface area (Å²) in [5.41, 5.74) is 1.41. The van der Waals surface area contributed by atoms with E-state index in [9.17, 15) is 9.59 Å². The highest BCUT2D eigenvalue weighted by molar-refractivity contribution is 6.91. The number of ether oxygens (including phenoxy) is 2. The third-order valence-corrected chi connectivity index (χ3v) is 21.6. The molecule has 0 aromatic heterocycles. The molecule has 0 unspecified atom stereocenters. The van der Waals surface area contributed by atoms with Crippen LogP contribution in [0.25, 0.3) is 0 Å². The highest BCUT2D eigenvalue weighted by Gasteiger charge is 2.61. The summed E-state index contributed by atoms with van der Waals surface area (Å²) in [5, 5.41) is 2.60. The molecule has 3 fully saturated rings. The van der Waals surface area contributed by atoms with Crippen molar-refractivity contribution in [2.45, 2.75) is 133 Å². The highest BCUT2D eigenvalue weighted by atomic mass is 28.4. The summed E-state index contributed by atoms with van der Waals surface area (Å²) in [7, 11) is -4.87. The van der Waals surface area contributed by atoms with Gasteiger partial charge in [0.05, 0.1) is 26.3 Å². The normalized spacial score (nSPS) is 27.0. The van der Waals surface area contributed by atoms with Crippen LogP contribution in [0.3, 0.4) is 0 Å². The Bertz CT molecular complexity index is 1670. The van der Waals surface area contributed by atoms with Crippen molar-refractivity contribution in [1.29, 1.82) is 0 Å². The van der Waals surface area contributed by atoms with Gasteiger partial charge in [-0.3, -0.25) is 9.63 Å². The van der Waals surface area contributed by atoms with E-state index in [0.29, 0.717) is 17.9 Å². The van der Waals surface area contributed by atoms with E-state index in [1.54, 1.807) is 12.1 Å². The lowest BCUT2D eigenvalue weighted by Crippen LogP contribution is -2.59. The highest BCUT2D eigenvalue weighted by Crippen LogP contribution is 2.48. The third kappa shape index (κ3) is 8.49. The van der Waals surface area contributed by atoms with E-state index in [-0.39, 0.29) is 35.0 Å². The number of carbonyl (C=O) groups is 2. The number of Topliss-reactive ketones (excluding diaryl/α,β-unsaturated/α-hetero) is 1. The smallest absolute Gasteiger partial charge is 0.338 e. The number of rotatable bonds is 13. The molecule has 2 aliphatic heterocycles. The number of hydrogen-bond donors (Lipinski definition) is 0. The van der Waals surface area contributed by atoms with Crippen LogP contribution < -0.4 is 5.19 Å². The van der Waals surface area contributed by atoms with Crippen molar-refractivity contribution in [3.8, 4) is 0 Å². The molecule has 0 radical (unpaired) electrons. The Balaban J connectivity index is 1.34. The fraction of sp³-hybridized carbons (Fsp3) is 0.535. The standard InChI is InChI=1S/C43H59NO7Si2/c1-30(2)43(3,4)53(7,8)47-29-35(45)40-41(52(5,6)33-24-16-11-17-25-33)39-37(49-42(46)32-22-14-10-15-23-32)28-38(50-44(39)51-40)48-36-27-19-18-26-34(36)31-20-12-9-13-21-31/h9-17,20-25,30,34,36-41H,18-19,26-29H2,1-8H3/t34-,36+,37-,38-,39-,40-,41-/m1/s1. The maximum absolute atomic E-state index is 14.5. The van der Waals surface area contributed by atoms with E-state index in [0.717, 1.165) is 25.7 Å². The van der Waals surface area contributed by atoms with E-state index in [1.807, 2.05) is 42.5 Å². The molecule has 6 rings (SSSR count). The predicted molar refractivity (Wildman–Crippen MR) is 213 cm³/mol. The van der Waals surface area contributed by atoms with Gasteiger partial charge in [0.1, 0.15) is 18.2 Å². The van der Waals surface area contributed by atoms with Crippen molar-refractivity contribution in [2.24, 2.45) is 5.92 Å². The summed E-state index contributed by atoms with van der Waals surface area (Å²) < 4.78 is 19.9. The Morgan fingerprint density at radius 2 is 1.43 bits per heavy atom. The molecule has 3 aromatic carbocycles. The lowest BCUT2D eigenvalue weighted by molar-refractivity contribution is -0.446. The summed E-state index contributed by atoms with van der Waals surface area (Å²) in [4.78, 5) is 41.6. The first-order valence-corrected chi connectivity index (χ1v) is 25.5. The number of hydrogen-bond acceptors (Lipinski definition) is 8. The number of nitrogens with zero attached hydrogens (tertiary/aromatic N) is 1. The number of ketones is 1. The zero-order chi connectivity index (χ0) is 38.0. The quantitative estimate of drug-likeness (QED) is 0.126. The molecule has 3 aromatic rings. The molecule has 10 heteroatoms. The Morgan fingerprint density at radius 1 is 0.830 bits per heavy atom. The summed E-state index contributed by atoms with van der Waals surface area (Å²) in [6.07, 6.45) is 2.13. The first-order valence-electron chi connectivity index (χ1n) is 19.5. The molecule has 1 saturated carbocycles. The molecule has 0 amide bonds. The fourth-order valence-electron chi connectivity index (χ4n) is 8.36. The summed E-state index contributed by atoms with van der Waals surface area (Å²) in [6, 6.07) is 29.4. The van der Waals surface area contributed by atoms with Crippen LogP contribution >= 0.6 is 0 Å². The second kappa shape index (κ2) is 16.4. The van der Waals surface area contributed by atoms with Crippen molar-refractivity contribution in [3.63, 3.8) is 0 Å². The zero-order valence-corrected chi connectivity index (χ0v) is 34.8. The number of carbonyl (C=O) groups excluding carboxylic acids is 2. The van der Waals surface area contributed by atoms with Gasteiger partial charge in [-0.25, -0.2) is 9.63 Å². The van der Waals surface area contributed by atoms with E-state index in [4.69, 9.17) is 23.6 Å². The Kier molecular flexibility index (Phi) is 12.3. The van der Waals surface area contributed by atoms with Crippen molar-refractivity contribution in [1.82, 2.24) is 5.23 Å². The van der Waals surface area contributed by atoms with Gasteiger partial charge in [-0.15, -0.1) is 0 Å². The van der Waals surface area contributed by atoms with Crippen LogP contribution in [0.5, 0.6) is 0 Å². The maximum atomic E-state index is 14.5. The summed E-state index contributed by atoms with van der Waals surface area (Å²) in [6.45, 7) is 17.8. The van der Waals surface area contributed by atoms with Crippen LogP contribution in [0.4, 0.5) is 0 Å². The molecular formula is C43H59NO7Si2. The second-order valence-corrected chi connectivity index (χ2v) is 26.4. The van der Waals surface area contributed by atoms with Gasteiger partial charge in [0.2, 0.25) is 0 Å². The van der Waals surface area contributed by atoms with Gasteiger partial charge in [0.15, 0.2) is 20.4 Å². The minimum Gasteiger partial charge on any atom is -0.457 e. The van der Waals surface area contributed by atoms with E-state index in [2.05, 4.69) is 90.3 Å². The van der Waals surface area contributed by atoms with Gasteiger partial charge in [-0.05, 0) is 54.6 Å². The lowest BCUT2D eigenvalue weighted by Gasteiger charge is -2.44. The molecule has 7 atom stereocenters. The van der Waals surface area contributed by atoms with Gasteiger partial charge in [0, 0.05) is 17.9 Å². The number of esters is 1. The second-order valence-electron chi connectivity index (χ2n) is 17.1. The van der Waals surface area contributed by atoms with E-state index < -0.39 is 46.9 Å². The Hall–Kier alpha value is -2.97. The summed E-state index contributed by atoms with van der Waals surface area (Å²) in [5.74, 6) is 0.0777. The lowest BCUT2D eigenvalue weighted by atomic mass is 9.81. The SMILES string of the molecule is CC(C)C(C)(C)[Si](C)(C)OCC(=O)[C@H]1ON2O[C@@H](O[C@H]3CCCC[C@@H]3c3ccccc3)C[C@@H](OC(=O)c3ccccc3)[C@@H]2[C@H]1[Si](C)(C)c1ccccc1. The van der Waals surface area contributed by atoms with E-state index in [1.165, 1.54) is 16.0 Å². The van der Waals surface area contributed by atoms with Crippen molar-refractivity contribution in [2.75, 3.05) is 6.61 Å². The van der Waals surface area contributed by atoms with Crippen LogP contribution in [-0.2, 0) is 28.4 Å². The minimum atomic E-state index is -2.55. The monoisotopic (exact) mass is 757 g/mol. The fourth-order valence-corrected chi connectivity index (χ4v) is 14.3. The molecule has 53 heavy (non-hydrogen) atoms. The average molecular weight is 758 g/mol. The topological polar surface area (TPSA) is 83.5 Å². The maximum Gasteiger partial charge on any atom is 0.338 e. The number of benzene rings is 3. The molecule has 2 heterocycles. The Morgan fingerprint density at radius 3 is 2.08 bits per heavy atom. The molecule has 2 saturated heterocycles. The predicted octanol–water partition coefficient (Wildman–Crippen LogP) is 8.81. The van der Waals surface area contributed by atoms with Crippen LogP contribution in [0.2, 0.25) is 36.8 Å². The van der Waals surface area contributed by atoms with Gasteiger partial charge < -0.3 is 13.9 Å². The first kappa shape index (κ1) is 39.7. The van der Waals surface area contributed by atoms with Gasteiger partial charge in [0.25, 0.3) is 0 Å². The van der Waals surface area contributed by atoms with Gasteiger partial charge in [-0.1, -0.05) is 143 Å². The average Bonchev–Trinajstić information content (AvgIpc) is 3.56. The molecule has 8 nitrogen and oxygen atoms in total. The third-order valence-electron chi connectivity index (χ3n) is 12.9. The van der Waals surface area contributed by atoms with E-state index >= 15 is 0 Å². The van der Waals surface area contributed by atoms with Crippen LogP contribution in [0.1, 0.15) is 81.6 Å². The summed E-state index contributed by atoms with van der Waals surface area (Å²) >= 11 is 0. The van der Waals surface area contributed by atoms with Crippen molar-refractivity contribution < 1.29 is 33.2 Å². The molecule has 0 N–H and O–H groups in total. The van der Waals surface area contributed by atoms with Gasteiger partial charge in [-0.2, -0.15) is 0 Å². The minimum absolute atomic E-state index is 0.0500. The van der Waals surface area contributed by atoms with Crippen molar-refractivity contribution >= 4 is 33.3 Å². The molecule has 0 spiro atoms. The molecule has 3 aliphatic rings. The van der Waals surface area contributed by atoms with Crippen LogP contribution in [-0.4, -0.2) is 70.6 Å². The van der Waals surface area contributed by atoms with Crippen LogP contribution in [0, 0.1) is 5.92 Å². The van der Waals surface area contributed by atoms with Gasteiger partial charge >= 0.3 is 5.97 Å². The molecule has 286 valence electrons. The number of hydroxylamine groups is 2.